The van der Waals surface area contributed by atoms with Gasteiger partial charge < -0.3 is 11.1 Å². The van der Waals surface area contributed by atoms with Crippen molar-refractivity contribution in [1.29, 1.82) is 0 Å². The summed E-state index contributed by atoms with van der Waals surface area (Å²) in [4.78, 5) is 22.2. The lowest BCUT2D eigenvalue weighted by atomic mass is 10.1. The molecule has 134 valence electrons. The summed E-state index contributed by atoms with van der Waals surface area (Å²) in [6.45, 7) is 0. The summed E-state index contributed by atoms with van der Waals surface area (Å²) >= 11 is 6.95. The maximum Gasteiger partial charge on any atom is 0.267 e. The van der Waals surface area contributed by atoms with E-state index in [2.05, 4.69) is 15.3 Å². The van der Waals surface area contributed by atoms with Crippen molar-refractivity contribution in [2.24, 2.45) is 0 Å². The number of halogens is 2. The minimum atomic E-state index is -0.552. The van der Waals surface area contributed by atoms with Crippen molar-refractivity contribution in [3.63, 3.8) is 0 Å². The third-order valence-electron chi connectivity index (χ3n) is 3.95. The predicted octanol–water partition coefficient (Wildman–Crippen LogP) is 4.99. The van der Waals surface area contributed by atoms with Crippen molar-refractivity contribution >= 4 is 50.4 Å². The van der Waals surface area contributed by atoms with Gasteiger partial charge in [-0.3, -0.25) is 9.78 Å². The number of thiophene rings is 1. The first-order valence-electron chi connectivity index (χ1n) is 7.89. The number of nitrogens with two attached hydrogens (primary N) is 1. The number of nitrogens with one attached hydrogen (secondary N) is 1. The zero-order valence-corrected chi connectivity index (χ0v) is 15.3. The standard InChI is InChI=1S/C19H12ClFN4OS/c20-13-9-11(1-3-14(13)21)24-18(26)17-16(22)12-2-4-15(25-19(12)27-17)10-5-7-23-8-6-10/h1-9H,22H2,(H,24,26). The number of nitrogens with zero attached hydrogens (tertiary/aromatic N) is 2. The van der Waals surface area contributed by atoms with Crippen molar-refractivity contribution in [2.45, 2.75) is 0 Å². The first-order valence-corrected chi connectivity index (χ1v) is 9.08. The van der Waals surface area contributed by atoms with Crippen molar-refractivity contribution in [3.05, 3.63) is 70.6 Å². The molecule has 0 atom stereocenters. The summed E-state index contributed by atoms with van der Waals surface area (Å²) in [6, 6.07) is 11.4. The van der Waals surface area contributed by atoms with Crippen molar-refractivity contribution in [3.8, 4) is 11.3 Å². The number of nitrogen functional groups attached to an aromatic ring is 1. The van der Waals surface area contributed by atoms with Gasteiger partial charge in [-0.25, -0.2) is 9.37 Å². The van der Waals surface area contributed by atoms with Gasteiger partial charge in [-0.15, -0.1) is 11.3 Å². The molecule has 0 bridgehead atoms. The Morgan fingerprint density at radius 1 is 1.15 bits per heavy atom. The molecular formula is C19H12ClFN4OS. The molecule has 0 aliphatic heterocycles. The number of carbonyl (C=O) groups is 1. The average Bonchev–Trinajstić information content (AvgIpc) is 3.02. The van der Waals surface area contributed by atoms with Crippen molar-refractivity contribution in [1.82, 2.24) is 9.97 Å². The Hall–Kier alpha value is -3.03. The van der Waals surface area contributed by atoms with Crippen LogP contribution in [0, 0.1) is 5.82 Å². The van der Waals surface area contributed by atoms with Gasteiger partial charge in [0.1, 0.15) is 15.5 Å². The number of rotatable bonds is 3. The number of amides is 1. The van der Waals surface area contributed by atoms with Crippen LogP contribution >= 0.6 is 22.9 Å². The number of pyridine rings is 2. The van der Waals surface area contributed by atoms with Crippen LogP contribution in [0.5, 0.6) is 0 Å². The van der Waals surface area contributed by atoms with Crippen LogP contribution in [0.3, 0.4) is 0 Å². The largest absolute Gasteiger partial charge is 0.397 e. The van der Waals surface area contributed by atoms with E-state index in [1.54, 1.807) is 12.4 Å². The minimum absolute atomic E-state index is 0.0687. The Morgan fingerprint density at radius 2 is 1.93 bits per heavy atom. The van der Waals surface area contributed by atoms with Crippen LogP contribution < -0.4 is 11.1 Å². The number of fused-ring (bicyclic) bond motifs is 1. The number of aromatic nitrogens is 2. The third kappa shape index (κ3) is 3.34. The Labute approximate surface area is 162 Å². The second-order valence-electron chi connectivity index (χ2n) is 5.71. The molecule has 1 amide bonds. The van der Waals surface area contributed by atoms with Crippen LogP contribution in [0.15, 0.2) is 54.9 Å². The van der Waals surface area contributed by atoms with Gasteiger partial charge in [0, 0.05) is 29.0 Å². The van der Waals surface area contributed by atoms with Crippen LogP contribution in [0.2, 0.25) is 5.02 Å². The number of benzene rings is 1. The SMILES string of the molecule is Nc1c(C(=O)Nc2ccc(F)c(Cl)c2)sc2nc(-c3ccncc3)ccc12. The number of hydrogen-bond donors (Lipinski definition) is 2. The first-order chi connectivity index (χ1) is 13.0. The van der Waals surface area contributed by atoms with E-state index < -0.39 is 11.7 Å². The topological polar surface area (TPSA) is 80.9 Å². The summed E-state index contributed by atoms with van der Waals surface area (Å²) in [7, 11) is 0. The van der Waals surface area contributed by atoms with E-state index in [1.165, 1.54) is 29.5 Å². The van der Waals surface area contributed by atoms with Gasteiger partial charge in [-0.1, -0.05) is 11.6 Å². The van der Waals surface area contributed by atoms with Crippen LogP contribution in [-0.4, -0.2) is 15.9 Å². The Kier molecular flexibility index (Phi) is 4.47. The molecule has 4 rings (SSSR count). The smallest absolute Gasteiger partial charge is 0.267 e. The van der Waals surface area contributed by atoms with Crippen LogP contribution in [0.1, 0.15) is 9.67 Å². The van der Waals surface area contributed by atoms with E-state index >= 15 is 0 Å². The third-order valence-corrected chi connectivity index (χ3v) is 5.36. The lowest BCUT2D eigenvalue weighted by Crippen LogP contribution is -2.12. The van der Waals surface area contributed by atoms with E-state index in [0.717, 1.165) is 11.3 Å². The van der Waals surface area contributed by atoms with Crippen LogP contribution in [0.25, 0.3) is 21.5 Å². The minimum Gasteiger partial charge on any atom is -0.397 e. The second kappa shape index (κ2) is 6.94. The van der Waals surface area contributed by atoms with Gasteiger partial charge >= 0.3 is 0 Å². The molecule has 0 spiro atoms. The fourth-order valence-corrected chi connectivity index (χ4v) is 3.78. The number of carbonyl (C=O) groups excluding carboxylic acids is 1. The normalized spacial score (nSPS) is 10.9. The van der Waals surface area contributed by atoms with Gasteiger partial charge in [0.25, 0.3) is 5.91 Å². The quantitative estimate of drug-likeness (QED) is 0.509. The maximum atomic E-state index is 13.3. The van der Waals surface area contributed by atoms with E-state index in [0.29, 0.717) is 26.5 Å². The van der Waals surface area contributed by atoms with Crippen molar-refractivity contribution in [2.75, 3.05) is 11.1 Å². The molecule has 0 saturated carbocycles. The molecule has 0 fully saturated rings. The molecule has 0 saturated heterocycles. The molecule has 27 heavy (non-hydrogen) atoms. The number of anilines is 2. The zero-order chi connectivity index (χ0) is 19.0. The molecule has 4 aromatic rings. The molecule has 5 nitrogen and oxygen atoms in total. The molecule has 0 aliphatic rings. The Balaban J connectivity index is 1.68. The summed E-state index contributed by atoms with van der Waals surface area (Å²) in [5, 5.41) is 3.32. The highest BCUT2D eigenvalue weighted by molar-refractivity contribution is 7.21. The van der Waals surface area contributed by atoms with Gasteiger partial charge in [0.15, 0.2) is 0 Å². The van der Waals surface area contributed by atoms with Gasteiger partial charge in [-0.2, -0.15) is 0 Å². The molecule has 3 N–H and O–H groups in total. The molecular weight excluding hydrogens is 387 g/mol. The summed E-state index contributed by atoms with van der Waals surface area (Å²) < 4.78 is 13.3. The van der Waals surface area contributed by atoms with E-state index in [9.17, 15) is 9.18 Å². The fraction of sp³-hybridized carbons (Fsp3) is 0. The molecule has 3 heterocycles. The zero-order valence-electron chi connectivity index (χ0n) is 13.7. The van der Waals surface area contributed by atoms with Crippen LogP contribution in [0.4, 0.5) is 15.8 Å². The van der Waals surface area contributed by atoms with Gasteiger partial charge in [-0.05, 0) is 42.5 Å². The van der Waals surface area contributed by atoms with Crippen molar-refractivity contribution < 1.29 is 9.18 Å². The summed E-state index contributed by atoms with van der Waals surface area (Å²) in [5.41, 5.74) is 8.58. The molecule has 8 heteroatoms. The molecule has 0 aliphatic carbocycles. The predicted molar refractivity (Wildman–Crippen MR) is 107 cm³/mol. The summed E-state index contributed by atoms with van der Waals surface area (Å²) in [5.74, 6) is -0.951. The molecule has 1 aromatic carbocycles. The Morgan fingerprint density at radius 3 is 2.67 bits per heavy atom. The van der Waals surface area contributed by atoms with Gasteiger partial charge in [0.05, 0.1) is 16.4 Å². The van der Waals surface area contributed by atoms with E-state index in [-0.39, 0.29) is 5.02 Å². The highest BCUT2D eigenvalue weighted by atomic mass is 35.5. The molecule has 0 unspecified atom stereocenters. The summed E-state index contributed by atoms with van der Waals surface area (Å²) in [6.07, 6.45) is 3.38. The lowest BCUT2D eigenvalue weighted by Gasteiger charge is -2.05. The molecule has 3 aromatic heterocycles. The maximum absolute atomic E-state index is 13.3. The molecule has 0 radical (unpaired) electrons. The Bertz CT molecular complexity index is 1160. The van der Waals surface area contributed by atoms with E-state index in [1.807, 2.05) is 24.3 Å². The van der Waals surface area contributed by atoms with Crippen LogP contribution in [-0.2, 0) is 0 Å². The van der Waals surface area contributed by atoms with E-state index in [4.69, 9.17) is 17.3 Å². The number of hydrogen-bond acceptors (Lipinski definition) is 5. The monoisotopic (exact) mass is 398 g/mol. The average molecular weight is 399 g/mol. The lowest BCUT2D eigenvalue weighted by molar-refractivity contribution is 0.103. The highest BCUT2D eigenvalue weighted by Crippen LogP contribution is 2.34. The highest BCUT2D eigenvalue weighted by Gasteiger charge is 2.18. The first kappa shape index (κ1) is 17.4. The van der Waals surface area contributed by atoms with Gasteiger partial charge in [0.2, 0.25) is 0 Å². The second-order valence-corrected chi connectivity index (χ2v) is 7.12. The fourth-order valence-electron chi connectivity index (χ4n) is 2.61.